The Labute approximate surface area is 164 Å². The summed E-state index contributed by atoms with van der Waals surface area (Å²) in [5.41, 5.74) is 1.12. The molecule has 29 heavy (non-hydrogen) atoms. The number of benzene rings is 2. The molecule has 1 aliphatic rings. The molecule has 0 bridgehead atoms. The quantitative estimate of drug-likeness (QED) is 0.764. The van der Waals surface area contributed by atoms with Crippen LogP contribution in [0.4, 0.5) is 13.2 Å². The number of nitrogens with one attached hydrogen (secondary N) is 1. The summed E-state index contributed by atoms with van der Waals surface area (Å²) >= 11 is 0. The first kappa shape index (κ1) is 20.8. The fourth-order valence-electron chi connectivity index (χ4n) is 2.51. The molecule has 1 unspecified atom stereocenters. The van der Waals surface area contributed by atoms with E-state index in [9.17, 15) is 26.7 Å². The number of hydrogen-bond acceptors (Lipinski definition) is 6. The minimum Gasteiger partial charge on any atom is -0.350 e. The fraction of sp³-hybridized carbons (Fsp3) is 0.222. The van der Waals surface area contributed by atoms with E-state index in [1.807, 2.05) is 6.07 Å². The van der Waals surface area contributed by atoms with Gasteiger partial charge in [0, 0.05) is 6.54 Å². The zero-order valence-corrected chi connectivity index (χ0v) is 15.5. The third-order valence-electron chi connectivity index (χ3n) is 4.20. The van der Waals surface area contributed by atoms with Gasteiger partial charge >= 0.3 is 12.0 Å². The average molecular weight is 425 g/mol. The van der Waals surface area contributed by atoms with E-state index in [2.05, 4.69) is 14.7 Å². The minimum absolute atomic E-state index is 0.00276. The highest BCUT2D eigenvalue weighted by Gasteiger charge is 2.60. The maximum absolute atomic E-state index is 12.8. The van der Waals surface area contributed by atoms with Crippen LogP contribution in [-0.2, 0) is 21.4 Å². The topological polar surface area (TPSA) is 112 Å². The fourth-order valence-corrected chi connectivity index (χ4v) is 3.53. The van der Waals surface area contributed by atoms with Crippen molar-refractivity contribution in [2.75, 3.05) is 0 Å². The summed E-state index contributed by atoms with van der Waals surface area (Å²) < 4.78 is 65.3. The van der Waals surface area contributed by atoms with Crippen LogP contribution in [0.2, 0.25) is 0 Å². The monoisotopic (exact) mass is 425 g/mol. The minimum atomic E-state index is -4.98. The summed E-state index contributed by atoms with van der Waals surface area (Å²) in [4.78, 5) is 4.16. The van der Waals surface area contributed by atoms with Crippen molar-refractivity contribution in [2.45, 2.75) is 29.8 Å². The summed E-state index contributed by atoms with van der Waals surface area (Å²) in [6, 6.07) is 13.2. The van der Waals surface area contributed by atoms with E-state index in [4.69, 9.17) is 5.26 Å². The molecule has 0 aromatic heterocycles. The Hall–Kier alpha value is -2.94. The molecular formula is C18H14F3N3O4S. The van der Waals surface area contributed by atoms with Crippen LogP contribution in [-0.4, -0.2) is 31.2 Å². The maximum Gasteiger partial charge on any atom is 0.458 e. The van der Waals surface area contributed by atoms with Crippen molar-refractivity contribution in [3.8, 4) is 6.07 Å². The lowest BCUT2D eigenvalue weighted by Gasteiger charge is -2.22. The van der Waals surface area contributed by atoms with Crippen LogP contribution in [0.25, 0.3) is 0 Å². The molecule has 11 heteroatoms. The van der Waals surface area contributed by atoms with E-state index in [0.29, 0.717) is 16.7 Å². The van der Waals surface area contributed by atoms with Crippen molar-refractivity contribution in [3.05, 3.63) is 65.2 Å². The van der Waals surface area contributed by atoms with Crippen LogP contribution in [0.1, 0.15) is 23.1 Å². The van der Waals surface area contributed by atoms with Gasteiger partial charge in [0.1, 0.15) is 0 Å². The maximum atomic E-state index is 12.8. The van der Waals surface area contributed by atoms with Gasteiger partial charge in [-0.15, -0.1) is 0 Å². The molecule has 2 N–H and O–H groups in total. The van der Waals surface area contributed by atoms with Crippen LogP contribution in [0.15, 0.2) is 58.6 Å². The third-order valence-corrected chi connectivity index (χ3v) is 5.62. The summed E-state index contributed by atoms with van der Waals surface area (Å²) in [6.45, 7) is -0.0575. The SMILES string of the molecule is N#Cc1ccc(S(=O)(=O)NCc2ccc(C3=NOC(O)(C(F)(F)F)C3)cc2)cc1. The van der Waals surface area contributed by atoms with Crippen LogP contribution in [0.5, 0.6) is 0 Å². The van der Waals surface area contributed by atoms with Gasteiger partial charge < -0.3 is 9.94 Å². The van der Waals surface area contributed by atoms with E-state index < -0.39 is 28.4 Å². The summed E-state index contributed by atoms with van der Waals surface area (Å²) in [6.07, 6.45) is -5.83. The summed E-state index contributed by atoms with van der Waals surface area (Å²) in [7, 11) is -3.80. The second-order valence-electron chi connectivity index (χ2n) is 6.25. The number of aliphatic hydroxyl groups is 1. The largest absolute Gasteiger partial charge is 0.458 e. The second kappa shape index (κ2) is 7.47. The number of oxime groups is 1. The van der Waals surface area contributed by atoms with Crippen molar-refractivity contribution in [2.24, 2.45) is 5.16 Å². The highest BCUT2D eigenvalue weighted by atomic mass is 32.2. The first-order chi connectivity index (χ1) is 13.5. The van der Waals surface area contributed by atoms with Gasteiger partial charge in [-0.25, -0.2) is 13.1 Å². The molecule has 1 atom stereocenters. The first-order valence-electron chi connectivity index (χ1n) is 8.17. The highest BCUT2D eigenvalue weighted by Crippen LogP contribution is 2.38. The van der Waals surface area contributed by atoms with Crippen LogP contribution >= 0.6 is 0 Å². The van der Waals surface area contributed by atoms with Gasteiger partial charge in [0.2, 0.25) is 10.0 Å². The number of alkyl halides is 3. The molecule has 0 amide bonds. The molecule has 0 aliphatic carbocycles. The van der Waals surface area contributed by atoms with Gasteiger partial charge in [0.15, 0.2) is 0 Å². The molecule has 0 radical (unpaired) electrons. The Kier molecular flexibility index (Phi) is 5.36. The van der Waals surface area contributed by atoms with E-state index in [1.165, 1.54) is 48.5 Å². The number of rotatable bonds is 5. The number of halogens is 3. The van der Waals surface area contributed by atoms with E-state index in [1.54, 1.807) is 0 Å². The van der Waals surface area contributed by atoms with Crippen LogP contribution in [0.3, 0.4) is 0 Å². The van der Waals surface area contributed by atoms with Crippen molar-refractivity contribution < 1.29 is 31.5 Å². The molecule has 0 fully saturated rings. The van der Waals surface area contributed by atoms with Gasteiger partial charge in [-0.3, -0.25) is 0 Å². The molecule has 0 saturated heterocycles. The van der Waals surface area contributed by atoms with Crippen molar-refractivity contribution >= 4 is 15.7 Å². The molecule has 0 spiro atoms. The molecule has 0 saturated carbocycles. The Morgan fingerprint density at radius 3 is 2.31 bits per heavy atom. The van der Waals surface area contributed by atoms with E-state index in [0.717, 1.165) is 0 Å². The number of sulfonamides is 1. The lowest BCUT2D eigenvalue weighted by atomic mass is 10.0. The molecule has 1 aliphatic heterocycles. The average Bonchev–Trinajstić information content (AvgIpc) is 3.10. The zero-order chi connectivity index (χ0) is 21.3. The van der Waals surface area contributed by atoms with Crippen LogP contribution < -0.4 is 4.72 Å². The molecular weight excluding hydrogens is 411 g/mol. The van der Waals surface area contributed by atoms with Crippen molar-refractivity contribution in [1.82, 2.24) is 4.72 Å². The lowest BCUT2D eigenvalue weighted by molar-refractivity contribution is -0.355. The Balaban J connectivity index is 1.65. The summed E-state index contributed by atoms with van der Waals surface area (Å²) in [5.74, 6) is -3.35. The first-order valence-corrected chi connectivity index (χ1v) is 9.66. The Morgan fingerprint density at radius 2 is 1.79 bits per heavy atom. The molecule has 7 nitrogen and oxygen atoms in total. The molecule has 152 valence electrons. The lowest BCUT2D eigenvalue weighted by Crippen LogP contribution is -2.45. The van der Waals surface area contributed by atoms with Gasteiger partial charge in [-0.05, 0) is 35.4 Å². The number of nitrogens with zero attached hydrogens (tertiary/aromatic N) is 2. The number of hydrogen-bond donors (Lipinski definition) is 2. The predicted octanol–water partition coefficient (Wildman–Crippen LogP) is 2.41. The molecule has 2 aromatic rings. The molecule has 3 rings (SSSR count). The van der Waals surface area contributed by atoms with Gasteiger partial charge in [-0.1, -0.05) is 29.4 Å². The number of nitriles is 1. The highest BCUT2D eigenvalue weighted by molar-refractivity contribution is 7.89. The zero-order valence-electron chi connectivity index (χ0n) is 14.6. The Morgan fingerprint density at radius 1 is 1.17 bits per heavy atom. The molecule has 2 aromatic carbocycles. The van der Waals surface area contributed by atoms with E-state index in [-0.39, 0.29) is 17.2 Å². The van der Waals surface area contributed by atoms with E-state index >= 15 is 0 Å². The normalized spacial score (nSPS) is 19.3. The third kappa shape index (κ3) is 4.40. The van der Waals surface area contributed by atoms with Gasteiger partial charge in [0.05, 0.1) is 28.7 Å². The van der Waals surface area contributed by atoms with Gasteiger partial charge in [0.25, 0.3) is 0 Å². The van der Waals surface area contributed by atoms with Crippen molar-refractivity contribution in [1.29, 1.82) is 5.26 Å². The standard InChI is InChI=1S/C18H14F3N3O4S/c19-18(20,21)17(25)9-16(24-28-17)14-5-1-13(2-6-14)11-23-29(26,27)15-7-3-12(10-22)4-8-15/h1-8,23,25H,9,11H2. The van der Waals surface area contributed by atoms with Crippen LogP contribution in [0, 0.1) is 11.3 Å². The Bertz CT molecular complexity index is 1080. The second-order valence-corrected chi connectivity index (χ2v) is 8.01. The molecule has 1 heterocycles. The summed E-state index contributed by atoms with van der Waals surface area (Å²) in [5, 5.41) is 21.5. The van der Waals surface area contributed by atoms with Crippen molar-refractivity contribution in [3.63, 3.8) is 0 Å². The van der Waals surface area contributed by atoms with Gasteiger partial charge in [-0.2, -0.15) is 18.4 Å². The predicted molar refractivity (Wildman–Crippen MR) is 94.9 cm³/mol. The smallest absolute Gasteiger partial charge is 0.350 e.